The minimum absolute atomic E-state index is 0.173. The third-order valence-electron chi connectivity index (χ3n) is 3.79. The van der Waals surface area contributed by atoms with Crippen LogP contribution in [0.1, 0.15) is 10.4 Å². The van der Waals surface area contributed by atoms with Gasteiger partial charge in [-0.2, -0.15) is 0 Å². The highest BCUT2D eigenvalue weighted by Gasteiger charge is 2.27. The Morgan fingerprint density at radius 2 is 1.79 bits per heavy atom. The van der Waals surface area contributed by atoms with Crippen molar-refractivity contribution in [3.8, 4) is 17.2 Å². The number of amides is 1. The number of carbonyl (C=O) groups is 2. The van der Waals surface area contributed by atoms with E-state index in [2.05, 4.69) is 5.32 Å². The molecule has 28 heavy (non-hydrogen) atoms. The fraction of sp³-hybridized carbons (Fsp3) is 0.222. The molecule has 10 nitrogen and oxygen atoms in total. The van der Waals surface area contributed by atoms with Crippen molar-refractivity contribution in [3.63, 3.8) is 0 Å². The van der Waals surface area contributed by atoms with Crippen LogP contribution in [0.2, 0.25) is 0 Å². The number of anilines is 1. The highest BCUT2D eigenvalue weighted by Crippen LogP contribution is 2.36. The molecule has 2 aromatic rings. The second kappa shape index (κ2) is 8.25. The van der Waals surface area contributed by atoms with Crippen molar-refractivity contribution < 1.29 is 33.5 Å². The first-order valence-corrected chi connectivity index (χ1v) is 8.17. The molecular formula is C18H16N2O8. The van der Waals surface area contributed by atoms with E-state index in [1.807, 2.05) is 0 Å². The lowest BCUT2D eigenvalue weighted by Gasteiger charge is -2.18. The Labute approximate surface area is 159 Å². The first kappa shape index (κ1) is 19.0. The Bertz CT molecular complexity index is 911. The number of methoxy groups -OCH3 is 1. The quantitative estimate of drug-likeness (QED) is 0.453. The van der Waals surface area contributed by atoms with Gasteiger partial charge in [0.2, 0.25) is 0 Å². The van der Waals surface area contributed by atoms with Crippen molar-refractivity contribution in [3.05, 3.63) is 52.1 Å². The molecule has 0 atom stereocenters. The van der Waals surface area contributed by atoms with Crippen molar-refractivity contribution in [2.24, 2.45) is 0 Å². The molecule has 0 spiro atoms. The standard InChI is InChI=1S/C18H16N2O8/c1-25-12-4-2-11(3-5-12)19-17(21)10-28-18(22)13-8-15-16(27-7-6-26-15)9-14(13)20(23)24/h2-5,8-9H,6-7,10H2,1H3,(H,19,21). The first-order valence-electron chi connectivity index (χ1n) is 8.17. The Hall–Kier alpha value is -3.82. The van der Waals surface area contributed by atoms with Gasteiger partial charge in [0.25, 0.3) is 11.6 Å². The second-order valence-electron chi connectivity index (χ2n) is 5.62. The molecule has 1 heterocycles. The Balaban J connectivity index is 1.66. The van der Waals surface area contributed by atoms with Gasteiger partial charge in [-0.1, -0.05) is 0 Å². The zero-order valence-electron chi connectivity index (χ0n) is 14.8. The molecule has 1 N–H and O–H groups in total. The van der Waals surface area contributed by atoms with E-state index in [1.54, 1.807) is 24.3 Å². The van der Waals surface area contributed by atoms with Gasteiger partial charge in [0, 0.05) is 11.8 Å². The topological polar surface area (TPSA) is 126 Å². The smallest absolute Gasteiger partial charge is 0.345 e. The minimum Gasteiger partial charge on any atom is -0.497 e. The third kappa shape index (κ3) is 4.29. The summed E-state index contributed by atoms with van der Waals surface area (Å²) in [5.74, 6) is -0.624. The number of esters is 1. The van der Waals surface area contributed by atoms with Crippen LogP contribution in [0.25, 0.3) is 0 Å². The number of rotatable bonds is 6. The van der Waals surface area contributed by atoms with Gasteiger partial charge in [-0.15, -0.1) is 0 Å². The van der Waals surface area contributed by atoms with Crippen molar-refractivity contribution in [2.45, 2.75) is 0 Å². The summed E-state index contributed by atoms with van der Waals surface area (Å²) in [7, 11) is 1.52. The van der Waals surface area contributed by atoms with E-state index in [9.17, 15) is 19.7 Å². The Morgan fingerprint density at radius 3 is 2.39 bits per heavy atom. The maximum absolute atomic E-state index is 12.3. The molecule has 0 saturated heterocycles. The van der Waals surface area contributed by atoms with E-state index in [-0.39, 0.29) is 30.3 Å². The van der Waals surface area contributed by atoms with E-state index in [1.165, 1.54) is 13.2 Å². The highest BCUT2D eigenvalue weighted by atomic mass is 16.6. The monoisotopic (exact) mass is 388 g/mol. The fourth-order valence-corrected chi connectivity index (χ4v) is 2.47. The van der Waals surface area contributed by atoms with Crippen LogP contribution in [-0.4, -0.2) is 43.7 Å². The first-order chi connectivity index (χ1) is 13.5. The second-order valence-corrected chi connectivity index (χ2v) is 5.62. The minimum atomic E-state index is -1.02. The lowest BCUT2D eigenvalue weighted by atomic mass is 10.1. The van der Waals surface area contributed by atoms with Crippen LogP contribution < -0.4 is 19.5 Å². The molecule has 1 aliphatic heterocycles. The molecule has 146 valence electrons. The third-order valence-corrected chi connectivity index (χ3v) is 3.79. The molecule has 3 rings (SSSR count). The van der Waals surface area contributed by atoms with Crippen LogP contribution in [0.5, 0.6) is 17.2 Å². The summed E-state index contributed by atoms with van der Waals surface area (Å²) < 4.78 is 20.5. The number of carbonyl (C=O) groups excluding carboxylic acids is 2. The maximum atomic E-state index is 12.3. The van der Waals surface area contributed by atoms with Crippen molar-refractivity contribution in [1.29, 1.82) is 0 Å². The summed E-state index contributed by atoms with van der Waals surface area (Å²) in [4.78, 5) is 34.8. The predicted molar refractivity (Wildman–Crippen MR) is 96.0 cm³/mol. The molecule has 2 aromatic carbocycles. The SMILES string of the molecule is COc1ccc(NC(=O)COC(=O)c2cc3c(cc2[N+](=O)[O-])OCCO3)cc1. The number of nitrogens with one attached hydrogen (secondary N) is 1. The molecule has 0 aliphatic carbocycles. The van der Waals surface area contributed by atoms with E-state index in [0.717, 1.165) is 6.07 Å². The zero-order valence-corrected chi connectivity index (χ0v) is 14.8. The van der Waals surface area contributed by atoms with Crippen LogP contribution in [0.4, 0.5) is 11.4 Å². The van der Waals surface area contributed by atoms with Crippen LogP contribution >= 0.6 is 0 Å². The van der Waals surface area contributed by atoms with Gasteiger partial charge in [-0.3, -0.25) is 14.9 Å². The summed E-state index contributed by atoms with van der Waals surface area (Å²) in [6.45, 7) is -0.112. The summed E-state index contributed by atoms with van der Waals surface area (Å²) in [6, 6.07) is 8.81. The highest BCUT2D eigenvalue weighted by molar-refractivity contribution is 5.98. The van der Waals surface area contributed by atoms with E-state index < -0.39 is 29.1 Å². The van der Waals surface area contributed by atoms with Crippen molar-refractivity contribution in [1.82, 2.24) is 0 Å². The van der Waals surface area contributed by atoms with Gasteiger partial charge in [0.15, 0.2) is 18.1 Å². The molecular weight excluding hydrogens is 372 g/mol. The molecule has 1 aliphatic rings. The van der Waals surface area contributed by atoms with Gasteiger partial charge in [0.1, 0.15) is 24.5 Å². The number of nitro groups is 1. The van der Waals surface area contributed by atoms with Crippen molar-refractivity contribution >= 4 is 23.3 Å². The van der Waals surface area contributed by atoms with Gasteiger partial charge in [0.05, 0.1) is 18.1 Å². The summed E-state index contributed by atoms with van der Waals surface area (Å²) in [5, 5.41) is 13.8. The Morgan fingerprint density at radius 1 is 1.14 bits per heavy atom. The molecule has 0 aromatic heterocycles. The van der Waals surface area contributed by atoms with Crippen LogP contribution in [0, 0.1) is 10.1 Å². The molecule has 0 saturated carbocycles. The lowest BCUT2D eigenvalue weighted by molar-refractivity contribution is -0.385. The van der Waals surface area contributed by atoms with Crippen LogP contribution in [0.3, 0.4) is 0 Å². The van der Waals surface area contributed by atoms with Crippen LogP contribution in [0.15, 0.2) is 36.4 Å². The van der Waals surface area contributed by atoms with Gasteiger partial charge < -0.3 is 24.3 Å². The van der Waals surface area contributed by atoms with Crippen LogP contribution in [-0.2, 0) is 9.53 Å². The number of hydrogen-bond acceptors (Lipinski definition) is 8. The normalized spacial score (nSPS) is 12.0. The summed E-state index contributed by atoms with van der Waals surface area (Å²) in [6.07, 6.45) is 0. The predicted octanol–water partition coefficient (Wildman–Crippen LogP) is 2.17. The van der Waals surface area contributed by atoms with E-state index >= 15 is 0 Å². The summed E-state index contributed by atoms with van der Waals surface area (Å²) >= 11 is 0. The van der Waals surface area contributed by atoms with Gasteiger partial charge in [-0.25, -0.2) is 4.79 Å². The van der Waals surface area contributed by atoms with Gasteiger partial charge >= 0.3 is 5.97 Å². The molecule has 0 bridgehead atoms. The number of nitrogens with zero attached hydrogens (tertiary/aromatic N) is 1. The average Bonchev–Trinajstić information content (AvgIpc) is 2.71. The maximum Gasteiger partial charge on any atom is 0.345 e. The average molecular weight is 388 g/mol. The zero-order chi connectivity index (χ0) is 20.1. The largest absolute Gasteiger partial charge is 0.497 e. The number of hydrogen-bond donors (Lipinski definition) is 1. The van der Waals surface area contributed by atoms with Crippen molar-refractivity contribution in [2.75, 3.05) is 32.2 Å². The fourth-order valence-electron chi connectivity index (χ4n) is 2.47. The molecule has 0 unspecified atom stereocenters. The molecule has 0 radical (unpaired) electrons. The lowest BCUT2D eigenvalue weighted by Crippen LogP contribution is -2.22. The molecule has 10 heteroatoms. The number of fused-ring (bicyclic) bond motifs is 1. The van der Waals surface area contributed by atoms with Gasteiger partial charge in [-0.05, 0) is 24.3 Å². The Kier molecular flexibility index (Phi) is 5.58. The van der Waals surface area contributed by atoms with E-state index in [4.69, 9.17) is 18.9 Å². The van der Waals surface area contributed by atoms with E-state index in [0.29, 0.717) is 11.4 Å². The summed E-state index contributed by atoms with van der Waals surface area (Å²) in [5.41, 5.74) is -0.344. The molecule has 0 fully saturated rings. The number of benzene rings is 2. The number of ether oxygens (including phenoxy) is 4. The number of nitro benzene ring substituents is 1. The molecule has 1 amide bonds.